The summed E-state index contributed by atoms with van der Waals surface area (Å²) in [5.41, 5.74) is 4.67. The lowest BCUT2D eigenvalue weighted by atomic mass is 9.92. The van der Waals surface area contributed by atoms with Crippen LogP contribution in [0.4, 0.5) is 0 Å². The summed E-state index contributed by atoms with van der Waals surface area (Å²) in [4.78, 5) is 24.7. The first-order chi connectivity index (χ1) is 12.0. The Hall–Kier alpha value is -2.47. The van der Waals surface area contributed by atoms with Crippen LogP contribution in [0.1, 0.15) is 43.0 Å². The minimum Gasteiger partial charge on any atom is -0.454 e. The normalized spacial score (nSPS) is 11.3. The van der Waals surface area contributed by atoms with Crippen molar-refractivity contribution in [1.29, 1.82) is 0 Å². The Morgan fingerprint density at radius 2 is 1.50 bits per heavy atom. The Labute approximate surface area is 153 Å². The van der Waals surface area contributed by atoms with Crippen LogP contribution >= 0.6 is 0 Å². The van der Waals surface area contributed by atoms with Crippen molar-refractivity contribution in [3.8, 4) is 0 Å². The Morgan fingerprint density at radius 3 is 2.04 bits per heavy atom. The highest BCUT2D eigenvalue weighted by atomic mass is 32.2. The molecule has 0 aliphatic carbocycles. The van der Waals surface area contributed by atoms with Gasteiger partial charge in [0.05, 0.1) is 10.5 Å². The molecule has 0 unspecified atom stereocenters. The number of hydrogen-bond acceptors (Lipinski definition) is 5. The van der Waals surface area contributed by atoms with Crippen LogP contribution in [-0.2, 0) is 14.6 Å². The van der Waals surface area contributed by atoms with E-state index in [4.69, 9.17) is 4.74 Å². The zero-order valence-corrected chi connectivity index (χ0v) is 16.4. The lowest BCUT2D eigenvalue weighted by Gasteiger charge is -2.14. The van der Waals surface area contributed by atoms with E-state index in [9.17, 15) is 18.0 Å². The molecule has 0 heterocycles. The number of aryl methyl sites for hydroxylation is 2. The molecule has 138 valence electrons. The first-order valence-electron chi connectivity index (χ1n) is 8.10. The SMILES string of the molecule is Cc1cc(C)c(C(=O)COC(=O)c2ccc(S(C)(=O)=O)cc2)c(C)c1C. The molecule has 26 heavy (non-hydrogen) atoms. The fourth-order valence-electron chi connectivity index (χ4n) is 2.84. The molecule has 5 nitrogen and oxygen atoms in total. The smallest absolute Gasteiger partial charge is 0.338 e. The van der Waals surface area contributed by atoms with E-state index in [2.05, 4.69) is 0 Å². The number of ketones is 1. The number of ether oxygens (including phenoxy) is 1. The van der Waals surface area contributed by atoms with Gasteiger partial charge in [0.1, 0.15) is 0 Å². The minimum atomic E-state index is -3.33. The van der Waals surface area contributed by atoms with Crippen LogP contribution in [0.3, 0.4) is 0 Å². The first-order valence-corrected chi connectivity index (χ1v) is 9.99. The van der Waals surface area contributed by atoms with Crippen molar-refractivity contribution in [3.05, 3.63) is 63.7 Å². The van der Waals surface area contributed by atoms with Crippen molar-refractivity contribution in [1.82, 2.24) is 0 Å². The van der Waals surface area contributed by atoms with Crippen LogP contribution in [0, 0.1) is 27.7 Å². The minimum absolute atomic E-state index is 0.117. The number of esters is 1. The number of carbonyl (C=O) groups is 2. The number of benzene rings is 2. The van der Waals surface area contributed by atoms with E-state index in [1.165, 1.54) is 24.3 Å². The molecule has 0 saturated heterocycles. The van der Waals surface area contributed by atoms with E-state index < -0.39 is 15.8 Å². The summed E-state index contributed by atoms with van der Waals surface area (Å²) in [6.45, 7) is 7.32. The number of carbonyl (C=O) groups excluding carboxylic acids is 2. The van der Waals surface area contributed by atoms with Gasteiger partial charge in [-0.25, -0.2) is 13.2 Å². The zero-order chi connectivity index (χ0) is 19.6. The molecule has 0 bridgehead atoms. The van der Waals surface area contributed by atoms with Crippen LogP contribution < -0.4 is 0 Å². The number of hydrogen-bond donors (Lipinski definition) is 0. The van der Waals surface area contributed by atoms with Gasteiger partial charge in [0, 0.05) is 11.8 Å². The quantitative estimate of drug-likeness (QED) is 0.592. The summed E-state index contributed by atoms with van der Waals surface area (Å²) in [7, 11) is -3.33. The monoisotopic (exact) mass is 374 g/mol. The number of rotatable bonds is 5. The molecule has 2 aromatic rings. The maximum absolute atomic E-state index is 12.5. The Balaban J connectivity index is 2.13. The third kappa shape index (κ3) is 4.19. The summed E-state index contributed by atoms with van der Waals surface area (Å²) in [6.07, 6.45) is 1.09. The van der Waals surface area contributed by atoms with Gasteiger partial charge in [0.25, 0.3) is 0 Å². The lowest BCUT2D eigenvalue weighted by Crippen LogP contribution is -2.17. The van der Waals surface area contributed by atoms with Crippen LogP contribution in [0.15, 0.2) is 35.2 Å². The van der Waals surface area contributed by atoms with Gasteiger partial charge in [-0.3, -0.25) is 4.79 Å². The third-order valence-electron chi connectivity index (χ3n) is 4.49. The fraction of sp³-hybridized carbons (Fsp3) is 0.300. The summed E-state index contributed by atoms with van der Waals surface area (Å²) in [6, 6.07) is 7.36. The van der Waals surface area contributed by atoms with Gasteiger partial charge < -0.3 is 4.74 Å². The van der Waals surface area contributed by atoms with E-state index in [-0.39, 0.29) is 22.8 Å². The molecule has 0 spiro atoms. The van der Waals surface area contributed by atoms with E-state index >= 15 is 0 Å². The lowest BCUT2D eigenvalue weighted by molar-refractivity contribution is 0.0474. The van der Waals surface area contributed by atoms with Crippen LogP contribution in [0.5, 0.6) is 0 Å². The summed E-state index contributed by atoms with van der Waals surface area (Å²) in [5, 5.41) is 0. The summed E-state index contributed by atoms with van der Waals surface area (Å²) >= 11 is 0. The predicted molar refractivity (Wildman–Crippen MR) is 99.6 cm³/mol. The van der Waals surface area contributed by atoms with Gasteiger partial charge in [-0.2, -0.15) is 0 Å². The molecule has 6 heteroatoms. The molecule has 0 aliphatic rings. The van der Waals surface area contributed by atoms with Crippen LogP contribution in [0.2, 0.25) is 0 Å². The second kappa shape index (κ2) is 7.41. The van der Waals surface area contributed by atoms with Gasteiger partial charge in [0.15, 0.2) is 16.4 Å². The topological polar surface area (TPSA) is 77.5 Å². The van der Waals surface area contributed by atoms with Gasteiger partial charge in [0.2, 0.25) is 5.78 Å². The number of Topliss-reactive ketones (excluding diaryl/α,β-unsaturated/α-hetero) is 1. The Kier molecular flexibility index (Phi) is 5.66. The average Bonchev–Trinajstić information content (AvgIpc) is 2.57. The van der Waals surface area contributed by atoms with Gasteiger partial charge in [-0.15, -0.1) is 0 Å². The van der Waals surface area contributed by atoms with Gasteiger partial charge >= 0.3 is 5.97 Å². The van der Waals surface area contributed by atoms with Crippen molar-refractivity contribution in [2.45, 2.75) is 32.6 Å². The van der Waals surface area contributed by atoms with E-state index in [1.807, 2.05) is 33.8 Å². The van der Waals surface area contributed by atoms with E-state index in [0.29, 0.717) is 5.56 Å². The predicted octanol–water partition coefficient (Wildman–Crippen LogP) is 3.36. The molecule has 0 aliphatic heterocycles. The van der Waals surface area contributed by atoms with Crippen molar-refractivity contribution >= 4 is 21.6 Å². The molecule has 2 rings (SSSR count). The largest absolute Gasteiger partial charge is 0.454 e. The molecule has 0 saturated carbocycles. The molecule has 0 aromatic heterocycles. The molecule has 0 atom stereocenters. The standard InChI is InChI=1S/C20H22O5S/c1-12-10-13(2)19(15(4)14(12)3)18(21)11-25-20(22)16-6-8-17(9-7-16)26(5,23)24/h6-10H,11H2,1-5H3. The second-order valence-corrected chi connectivity index (χ2v) is 8.45. The summed E-state index contributed by atoms with van der Waals surface area (Å²) < 4.78 is 28.0. The molecular weight excluding hydrogens is 352 g/mol. The Bertz CT molecular complexity index is 970. The van der Waals surface area contributed by atoms with Crippen molar-refractivity contribution in [2.75, 3.05) is 12.9 Å². The highest BCUT2D eigenvalue weighted by Gasteiger charge is 2.18. The Morgan fingerprint density at radius 1 is 0.923 bits per heavy atom. The van der Waals surface area contributed by atoms with E-state index in [0.717, 1.165) is 28.5 Å². The first kappa shape index (κ1) is 19.8. The molecule has 0 amide bonds. The molecule has 2 aromatic carbocycles. The maximum Gasteiger partial charge on any atom is 0.338 e. The second-order valence-electron chi connectivity index (χ2n) is 6.43. The molecular formula is C20H22O5S. The fourth-order valence-corrected chi connectivity index (χ4v) is 3.47. The third-order valence-corrected chi connectivity index (χ3v) is 5.62. The van der Waals surface area contributed by atoms with Gasteiger partial charge in [-0.05, 0) is 74.2 Å². The molecule has 0 radical (unpaired) electrons. The van der Waals surface area contributed by atoms with Gasteiger partial charge in [-0.1, -0.05) is 6.07 Å². The highest BCUT2D eigenvalue weighted by Crippen LogP contribution is 2.22. The van der Waals surface area contributed by atoms with Crippen LogP contribution in [0.25, 0.3) is 0 Å². The highest BCUT2D eigenvalue weighted by molar-refractivity contribution is 7.90. The average molecular weight is 374 g/mol. The summed E-state index contributed by atoms with van der Waals surface area (Å²) in [5.74, 6) is -0.929. The van der Waals surface area contributed by atoms with Crippen molar-refractivity contribution < 1.29 is 22.7 Å². The van der Waals surface area contributed by atoms with Crippen molar-refractivity contribution in [3.63, 3.8) is 0 Å². The number of sulfone groups is 1. The van der Waals surface area contributed by atoms with E-state index in [1.54, 1.807) is 0 Å². The molecule has 0 N–H and O–H groups in total. The van der Waals surface area contributed by atoms with Crippen LogP contribution in [-0.4, -0.2) is 33.0 Å². The molecule has 0 fully saturated rings. The maximum atomic E-state index is 12.5. The van der Waals surface area contributed by atoms with Crippen molar-refractivity contribution in [2.24, 2.45) is 0 Å². The zero-order valence-electron chi connectivity index (χ0n) is 15.5.